The van der Waals surface area contributed by atoms with Crippen LogP contribution in [0.1, 0.15) is 48.2 Å². The summed E-state index contributed by atoms with van der Waals surface area (Å²) in [4.78, 5) is 21.9. The van der Waals surface area contributed by atoms with Crippen LogP contribution >= 0.6 is 11.3 Å². The number of hydrogen-bond acceptors (Lipinski definition) is 5. The molecule has 0 aromatic carbocycles. The molecule has 0 spiro atoms. The molecule has 0 unspecified atom stereocenters. The Balaban J connectivity index is 1.60. The molecule has 1 aliphatic rings. The van der Waals surface area contributed by atoms with E-state index in [1.54, 1.807) is 12.4 Å². The summed E-state index contributed by atoms with van der Waals surface area (Å²) in [7, 11) is 0. The van der Waals surface area contributed by atoms with E-state index in [-0.39, 0.29) is 5.91 Å². The topological polar surface area (TPSA) is 80.9 Å². The van der Waals surface area contributed by atoms with Crippen molar-refractivity contribution in [2.24, 2.45) is 5.92 Å². The number of carbonyl (C=O) groups excluding carboxylic acids is 1. The van der Waals surface area contributed by atoms with Crippen LogP contribution in [0.25, 0.3) is 10.3 Å². The summed E-state index contributed by atoms with van der Waals surface area (Å²) >= 11 is 1.31. The molecular formula is C15H20N4OS. The summed E-state index contributed by atoms with van der Waals surface area (Å²) in [5.41, 5.74) is 7.07. The second-order valence-corrected chi connectivity index (χ2v) is 6.60. The van der Waals surface area contributed by atoms with Gasteiger partial charge in [-0.15, -0.1) is 11.3 Å². The molecule has 0 bridgehead atoms. The average molecular weight is 304 g/mol. The Morgan fingerprint density at radius 3 is 2.81 bits per heavy atom. The van der Waals surface area contributed by atoms with Crippen molar-refractivity contribution in [2.45, 2.75) is 38.5 Å². The Hall–Kier alpha value is -1.69. The SMILES string of the molecule is Nc1c(C(=O)NCCC2CCCCC2)sc2nccnc12. The van der Waals surface area contributed by atoms with E-state index in [0.717, 1.165) is 18.9 Å². The van der Waals surface area contributed by atoms with E-state index in [9.17, 15) is 4.79 Å². The molecular weight excluding hydrogens is 284 g/mol. The van der Waals surface area contributed by atoms with E-state index >= 15 is 0 Å². The third kappa shape index (κ3) is 3.15. The number of fused-ring (bicyclic) bond motifs is 1. The highest BCUT2D eigenvalue weighted by atomic mass is 32.1. The van der Waals surface area contributed by atoms with Crippen LogP contribution in [-0.2, 0) is 0 Å². The zero-order valence-electron chi connectivity index (χ0n) is 12.0. The van der Waals surface area contributed by atoms with Gasteiger partial charge in [-0.3, -0.25) is 4.79 Å². The molecule has 0 aliphatic heterocycles. The molecule has 112 valence electrons. The summed E-state index contributed by atoms with van der Waals surface area (Å²) in [5, 5.41) is 2.98. The summed E-state index contributed by atoms with van der Waals surface area (Å²) < 4.78 is 0. The summed E-state index contributed by atoms with van der Waals surface area (Å²) in [6.07, 6.45) is 10.9. The lowest BCUT2D eigenvalue weighted by Crippen LogP contribution is -2.26. The summed E-state index contributed by atoms with van der Waals surface area (Å²) in [6.45, 7) is 0.720. The lowest BCUT2D eigenvalue weighted by Gasteiger charge is -2.21. The van der Waals surface area contributed by atoms with Gasteiger partial charge in [0.2, 0.25) is 0 Å². The highest BCUT2D eigenvalue weighted by Crippen LogP contribution is 2.30. The molecule has 6 heteroatoms. The maximum Gasteiger partial charge on any atom is 0.263 e. The Morgan fingerprint density at radius 1 is 1.29 bits per heavy atom. The van der Waals surface area contributed by atoms with Gasteiger partial charge in [0.05, 0.1) is 5.69 Å². The first-order valence-corrected chi connectivity index (χ1v) is 8.34. The largest absolute Gasteiger partial charge is 0.396 e. The van der Waals surface area contributed by atoms with Crippen molar-refractivity contribution in [2.75, 3.05) is 12.3 Å². The minimum atomic E-state index is -0.104. The number of thiophene rings is 1. The van der Waals surface area contributed by atoms with Crippen LogP contribution in [0, 0.1) is 5.92 Å². The fourth-order valence-corrected chi connectivity index (χ4v) is 3.90. The van der Waals surface area contributed by atoms with Gasteiger partial charge in [-0.2, -0.15) is 0 Å². The molecule has 1 fully saturated rings. The number of amides is 1. The van der Waals surface area contributed by atoms with E-state index in [1.165, 1.54) is 43.4 Å². The Morgan fingerprint density at radius 2 is 2.05 bits per heavy atom. The maximum absolute atomic E-state index is 12.2. The van der Waals surface area contributed by atoms with Gasteiger partial charge in [-0.25, -0.2) is 9.97 Å². The van der Waals surface area contributed by atoms with Crippen molar-refractivity contribution in [1.82, 2.24) is 15.3 Å². The fourth-order valence-electron chi connectivity index (χ4n) is 2.96. The molecule has 1 saturated carbocycles. The molecule has 2 aromatic rings. The third-order valence-corrected chi connectivity index (χ3v) is 5.23. The fraction of sp³-hybridized carbons (Fsp3) is 0.533. The molecule has 21 heavy (non-hydrogen) atoms. The molecule has 1 aliphatic carbocycles. The highest BCUT2D eigenvalue weighted by molar-refractivity contribution is 7.21. The smallest absolute Gasteiger partial charge is 0.263 e. The molecule has 3 rings (SSSR count). The number of nitrogens with one attached hydrogen (secondary N) is 1. The zero-order chi connectivity index (χ0) is 14.7. The number of carbonyl (C=O) groups is 1. The van der Waals surface area contributed by atoms with E-state index in [0.29, 0.717) is 20.9 Å². The number of aromatic nitrogens is 2. The van der Waals surface area contributed by atoms with E-state index in [2.05, 4.69) is 15.3 Å². The Bertz CT molecular complexity index is 634. The van der Waals surface area contributed by atoms with Crippen LogP contribution in [0.4, 0.5) is 5.69 Å². The Kier molecular flexibility index (Phi) is 4.34. The van der Waals surface area contributed by atoms with Crippen LogP contribution in [0.3, 0.4) is 0 Å². The minimum Gasteiger partial charge on any atom is -0.396 e. The number of nitrogens with two attached hydrogens (primary N) is 1. The second kappa shape index (κ2) is 6.39. The highest BCUT2D eigenvalue weighted by Gasteiger charge is 2.18. The third-order valence-electron chi connectivity index (χ3n) is 4.13. The quantitative estimate of drug-likeness (QED) is 0.910. The minimum absolute atomic E-state index is 0.104. The van der Waals surface area contributed by atoms with Crippen LogP contribution in [0.5, 0.6) is 0 Å². The molecule has 3 N–H and O–H groups in total. The van der Waals surface area contributed by atoms with Crippen molar-refractivity contribution in [3.05, 3.63) is 17.3 Å². The molecule has 5 nitrogen and oxygen atoms in total. The lowest BCUT2D eigenvalue weighted by molar-refractivity contribution is 0.0955. The number of anilines is 1. The maximum atomic E-state index is 12.2. The zero-order valence-corrected chi connectivity index (χ0v) is 12.8. The average Bonchev–Trinajstić information content (AvgIpc) is 2.86. The standard InChI is InChI=1S/C15H20N4OS/c16-11-12-15(19-9-8-17-12)21-13(11)14(20)18-7-6-10-4-2-1-3-5-10/h8-10H,1-7,16H2,(H,18,20). The van der Waals surface area contributed by atoms with Crippen LogP contribution < -0.4 is 11.1 Å². The van der Waals surface area contributed by atoms with E-state index in [4.69, 9.17) is 5.73 Å². The van der Waals surface area contributed by atoms with Gasteiger partial charge in [-0.05, 0) is 12.3 Å². The van der Waals surface area contributed by atoms with Crippen molar-refractivity contribution >= 4 is 33.3 Å². The van der Waals surface area contributed by atoms with Crippen LogP contribution in [-0.4, -0.2) is 22.4 Å². The lowest BCUT2D eigenvalue weighted by atomic mass is 9.87. The number of hydrogen-bond donors (Lipinski definition) is 2. The van der Waals surface area contributed by atoms with Gasteiger partial charge in [0.15, 0.2) is 0 Å². The monoisotopic (exact) mass is 304 g/mol. The number of rotatable bonds is 4. The van der Waals surface area contributed by atoms with E-state index < -0.39 is 0 Å². The van der Waals surface area contributed by atoms with Gasteiger partial charge < -0.3 is 11.1 Å². The van der Waals surface area contributed by atoms with Gasteiger partial charge in [0.1, 0.15) is 15.2 Å². The molecule has 0 radical (unpaired) electrons. The predicted molar refractivity (Wildman–Crippen MR) is 85.4 cm³/mol. The summed E-state index contributed by atoms with van der Waals surface area (Å²) in [5.74, 6) is 0.662. The van der Waals surface area contributed by atoms with Crippen molar-refractivity contribution < 1.29 is 4.79 Å². The molecule has 0 atom stereocenters. The van der Waals surface area contributed by atoms with Gasteiger partial charge in [0.25, 0.3) is 5.91 Å². The van der Waals surface area contributed by atoms with Crippen LogP contribution in [0.15, 0.2) is 12.4 Å². The predicted octanol–water partition coefficient (Wildman–Crippen LogP) is 2.97. The molecule has 0 saturated heterocycles. The first kappa shape index (κ1) is 14.3. The first-order valence-electron chi connectivity index (χ1n) is 7.53. The van der Waals surface area contributed by atoms with Crippen molar-refractivity contribution in [3.8, 4) is 0 Å². The van der Waals surface area contributed by atoms with Gasteiger partial charge >= 0.3 is 0 Å². The normalized spacial score (nSPS) is 16.2. The van der Waals surface area contributed by atoms with Crippen LogP contribution in [0.2, 0.25) is 0 Å². The number of nitrogens with zero attached hydrogens (tertiary/aromatic N) is 2. The van der Waals surface area contributed by atoms with Crippen molar-refractivity contribution in [3.63, 3.8) is 0 Å². The summed E-state index contributed by atoms with van der Waals surface area (Å²) in [6, 6.07) is 0. The van der Waals surface area contributed by atoms with Gasteiger partial charge in [-0.1, -0.05) is 32.1 Å². The van der Waals surface area contributed by atoms with Gasteiger partial charge in [0, 0.05) is 18.9 Å². The van der Waals surface area contributed by atoms with E-state index in [1.807, 2.05) is 0 Å². The van der Waals surface area contributed by atoms with Crippen molar-refractivity contribution in [1.29, 1.82) is 0 Å². The first-order chi connectivity index (χ1) is 10.3. The molecule has 1 amide bonds. The molecule has 2 aromatic heterocycles. The Labute approximate surface area is 128 Å². The second-order valence-electron chi connectivity index (χ2n) is 5.60. The number of nitrogen functional groups attached to an aromatic ring is 1. The molecule has 2 heterocycles.